The molecule has 2 rings (SSSR count). The van der Waals surface area contributed by atoms with Crippen LogP contribution in [0.2, 0.25) is 0 Å². The average molecular weight is 302 g/mol. The van der Waals surface area contributed by atoms with Crippen LogP contribution in [-0.2, 0) is 19.6 Å². The fourth-order valence-corrected chi connectivity index (χ4v) is 2.59. The minimum absolute atomic E-state index is 0.0494. The molecule has 0 radical (unpaired) electrons. The average Bonchev–Trinajstić information content (AvgIpc) is 2.75. The number of hydrogen-bond acceptors (Lipinski definition) is 7. The van der Waals surface area contributed by atoms with Crippen LogP contribution in [0.15, 0.2) is 12.1 Å². The Bertz CT molecular complexity index is 628. The number of nitrogens with one attached hydrogen (secondary N) is 1. The van der Waals surface area contributed by atoms with Gasteiger partial charge in [0.1, 0.15) is 0 Å². The molecule has 20 heavy (non-hydrogen) atoms. The summed E-state index contributed by atoms with van der Waals surface area (Å²) in [5.74, 6) is -0.794. The van der Waals surface area contributed by atoms with Crippen molar-refractivity contribution in [1.82, 2.24) is 0 Å². The molecule has 8 nitrogen and oxygen atoms in total. The summed E-state index contributed by atoms with van der Waals surface area (Å²) in [6.07, 6.45) is 0. The van der Waals surface area contributed by atoms with Crippen LogP contribution in [0.5, 0.6) is 11.5 Å². The molecular formula is C11H14N2O6S. The van der Waals surface area contributed by atoms with Gasteiger partial charge in [-0.05, 0) is 6.92 Å². The molecule has 1 aliphatic heterocycles. The zero-order valence-electron chi connectivity index (χ0n) is 10.7. The third-order valence-corrected chi connectivity index (χ3v) is 3.57. The van der Waals surface area contributed by atoms with Crippen LogP contribution in [0.4, 0.5) is 11.4 Å². The van der Waals surface area contributed by atoms with E-state index in [2.05, 4.69) is 9.46 Å². The minimum Gasteiger partial charge on any atom is -0.465 e. The van der Waals surface area contributed by atoms with Gasteiger partial charge in [0.15, 0.2) is 17.3 Å². The van der Waals surface area contributed by atoms with Crippen molar-refractivity contribution in [3.8, 4) is 11.5 Å². The molecule has 0 aromatic heterocycles. The van der Waals surface area contributed by atoms with Crippen molar-refractivity contribution < 1.29 is 27.4 Å². The summed E-state index contributed by atoms with van der Waals surface area (Å²) in [5, 5.41) is 0. The van der Waals surface area contributed by atoms with E-state index >= 15 is 0 Å². The second kappa shape index (κ2) is 5.45. The normalized spacial score (nSPS) is 13.1. The van der Waals surface area contributed by atoms with Crippen molar-refractivity contribution >= 4 is 27.4 Å². The zero-order valence-corrected chi connectivity index (χ0v) is 11.5. The summed E-state index contributed by atoms with van der Waals surface area (Å²) in [4.78, 5) is 11.2. The number of benzene rings is 1. The van der Waals surface area contributed by atoms with Gasteiger partial charge in [0.05, 0.1) is 18.0 Å². The number of carbonyl (C=O) groups excluding carboxylic acids is 1. The second-order valence-electron chi connectivity index (χ2n) is 3.96. The molecule has 110 valence electrons. The Morgan fingerprint density at radius 1 is 1.40 bits per heavy atom. The standard InChI is InChI=1S/C11H14N2O6S/c1-2-17-11(14)5-20(15,16)13-8-4-10-9(3-7(8)12)18-6-19-10/h3-4,13H,2,5-6,12H2,1H3. The molecule has 0 atom stereocenters. The molecule has 1 aliphatic rings. The van der Waals surface area contributed by atoms with E-state index in [4.69, 9.17) is 15.2 Å². The molecule has 9 heteroatoms. The van der Waals surface area contributed by atoms with Gasteiger partial charge in [-0.2, -0.15) is 0 Å². The fraction of sp³-hybridized carbons (Fsp3) is 0.364. The molecule has 0 saturated carbocycles. The molecule has 0 amide bonds. The number of esters is 1. The maximum atomic E-state index is 11.8. The van der Waals surface area contributed by atoms with Gasteiger partial charge in [-0.3, -0.25) is 9.52 Å². The first-order chi connectivity index (χ1) is 9.41. The van der Waals surface area contributed by atoms with Crippen LogP contribution in [0.25, 0.3) is 0 Å². The van der Waals surface area contributed by atoms with Crippen molar-refractivity contribution in [1.29, 1.82) is 0 Å². The van der Waals surface area contributed by atoms with E-state index in [9.17, 15) is 13.2 Å². The maximum Gasteiger partial charge on any atom is 0.323 e. The Labute approximate surface area is 115 Å². The molecule has 0 bridgehead atoms. The number of nitrogens with two attached hydrogens (primary N) is 1. The van der Waals surface area contributed by atoms with Crippen LogP contribution in [0.3, 0.4) is 0 Å². The molecule has 1 aromatic rings. The number of fused-ring (bicyclic) bond motifs is 1. The largest absolute Gasteiger partial charge is 0.465 e. The lowest BCUT2D eigenvalue weighted by Crippen LogP contribution is -2.24. The Morgan fingerprint density at radius 3 is 2.70 bits per heavy atom. The highest BCUT2D eigenvalue weighted by Crippen LogP contribution is 2.38. The van der Waals surface area contributed by atoms with Crippen molar-refractivity contribution in [3.05, 3.63) is 12.1 Å². The molecule has 1 heterocycles. The lowest BCUT2D eigenvalue weighted by Gasteiger charge is -2.10. The van der Waals surface area contributed by atoms with E-state index in [1.54, 1.807) is 6.92 Å². The van der Waals surface area contributed by atoms with Gasteiger partial charge < -0.3 is 19.9 Å². The maximum absolute atomic E-state index is 11.8. The van der Waals surface area contributed by atoms with E-state index in [1.165, 1.54) is 12.1 Å². The predicted octanol–water partition coefficient (Wildman–Crippen LogP) is 0.302. The molecule has 0 unspecified atom stereocenters. The third kappa shape index (κ3) is 3.23. The van der Waals surface area contributed by atoms with Crippen molar-refractivity contribution in [2.24, 2.45) is 0 Å². The van der Waals surface area contributed by atoms with Crippen molar-refractivity contribution in [3.63, 3.8) is 0 Å². The van der Waals surface area contributed by atoms with Crippen LogP contribution >= 0.6 is 0 Å². The Balaban J connectivity index is 2.15. The van der Waals surface area contributed by atoms with Gasteiger partial charge >= 0.3 is 5.97 Å². The first kappa shape index (κ1) is 14.3. The van der Waals surface area contributed by atoms with Crippen LogP contribution in [0.1, 0.15) is 6.92 Å². The second-order valence-corrected chi connectivity index (χ2v) is 5.68. The molecule has 0 aliphatic carbocycles. The number of anilines is 2. The summed E-state index contributed by atoms with van der Waals surface area (Å²) in [6, 6.07) is 2.85. The molecule has 3 N–H and O–H groups in total. The number of carbonyl (C=O) groups is 1. The molecule has 0 fully saturated rings. The highest BCUT2D eigenvalue weighted by atomic mass is 32.2. The molecule has 1 aromatic carbocycles. The van der Waals surface area contributed by atoms with Crippen LogP contribution in [-0.4, -0.2) is 33.5 Å². The lowest BCUT2D eigenvalue weighted by atomic mass is 10.2. The fourth-order valence-electron chi connectivity index (χ4n) is 1.61. The predicted molar refractivity (Wildman–Crippen MR) is 71.0 cm³/mol. The van der Waals surface area contributed by atoms with Crippen molar-refractivity contribution in [2.45, 2.75) is 6.92 Å². The smallest absolute Gasteiger partial charge is 0.323 e. The topological polar surface area (TPSA) is 117 Å². The lowest BCUT2D eigenvalue weighted by molar-refractivity contribution is -0.139. The van der Waals surface area contributed by atoms with Gasteiger partial charge in [0, 0.05) is 12.1 Å². The van der Waals surface area contributed by atoms with Gasteiger partial charge in [-0.1, -0.05) is 0 Å². The van der Waals surface area contributed by atoms with E-state index in [-0.39, 0.29) is 24.8 Å². The summed E-state index contributed by atoms with van der Waals surface area (Å²) in [5.41, 5.74) is 6.00. The summed E-state index contributed by atoms with van der Waals surface area (Å²) in [6.45, 7) is 1.75. The minimum atomic E-state index is -3.90. The summed E-state index contributed by atoms with van der Waals surface area (Å²) >= 11 is 0. The first-order valence-corrected chi connectivity index (χ1v) is 7.41. The molecule has 0 spiro atoms. The molecule has 0 saturated heterocycles. The van der Waals surface area contributed by atoms with Gasteiger partial charge in [-0.25, -0.2) is 8.42 Å². The van der Waals surface area contributed by atoms with E-state index in [0.717, 1.165) is 0 Å². The number of hydrogen-bond donors (Lipinski definition) is 2. The van der Waals surface area contributed by atoms with Gasteiger partial charge in [-0.15, -0.1) is 0 Å². The van der Waals surface area contributed by atoms with Crippen LogP contribution < -0.4 is 19.9 Å². The van der Waals surface area contributed by atoms with E-state index in [0.29, 0.717) is 11.5 Å². The summed E-state index contributed by atoms with van der Waals surface area (Å²) < 4.78 is 40.6. The zero-order chi connectivity index (χ0) is 14.8. The Kier molecular flexibility index (Phi) is 3.89. The van der Waals surface area contributed by atoms with E-state index < -0.39 is 21.7 Å². The Hall–Kier alpha value is -2.16. The third-order valence-electron chi connectivity index (χ3n) is 2.42. The number of ether oxygens (including phenoxy) is 3. The quantitative estimate of drug-likeness (QED) is 0.593. The van der Waals surface area contributed by atoms with E-state index in [1.807, 2.05) is 0 Å². The first-order valence-electron chi connectivity index (χ1n) is 5.76. The number of sulfonamides is 1. The highest BCUT2D eigenvalue weighted by molar-refractivity contribution is 7.93. The monoisotopic (exact) mass is 302 g/mol. The SMILES string of the molecule is CCOC(=O)CS(=O)(=O)Nc1cc2c(cc1N)OCO2. The van der Waals surface area contributed by atoms with Gasteiger partial charge in [0.25, 0.3) is 0 Å². The Morgan fingerprint density at radius 2 is 2.05 bits per heavy atom. The number of nitrogen functional groups attached to an aromatic ring is 1. The van der Waals surface area contributed by atoms with Gasteiger partial charge in [0.2, 0.25) is 16.8 Å². The highest BCUT2D eigenvalue weighted by Gasteiger charge is 2.21. The summed E-state index contributed by atoms with van der Waals surface area (Å²) in [7, 11) is -3.90. The van der Waals surface area contributed by atoms with Crippen LogP contribution in [0, 0.1) is 0 Å². The van der Waals surface area contributed by atoms with Crippen molar-refractivity contribution in [2.75, 3.05) is 29.6 Å². The molecular weight excluding hydrogens is 288 g/mol. The number of rotatable bonds is 5.